The van der Waals surface area contributed by atoms with Crippen LogP contribution < -0.4 is 10.6 Å². The Bertz CT molecular complexity index is 770. The standard InChI is InChI=1S/C21H26N2O2S/c1-14(2)21(25)23-18-9-7-17(8-10-18)12-22-20(24)13-26-19-11-15(3)5-6-16(19)4/h5-11,14H,12-13H2,1-4H3,(H,22,24)(H,23,25). The van der Waals surface area contributed by atoms with Gasteiger partial charge in [0.1, 0.15) is 0 Å². The molecule has 0 radical (unpaired) electrons. The molecule has 0 aliphatic rings. The van der Waals surface area contributed by atoms with Crippen LogP contribution in [0.3, 0.4) is 0 Å². The Kier molecular flexibility index (Phi) is 7.27. The zero-order chi connectivity index (χ0) is 19.1. The molecule has 0 aliphatic heterocycles. The van der Waals surface area contributed by atoms with Crippen LogP contribution in [0.4, 0.5) is 5.69 Å². The van der Waals surface area contributed by atoms with Gasteiger partial charge in [0, 0.05) is 23.0 Å². The Morgan fingerprint density at radius 1 is 1.04 bits per heavy atom. The first-order valence-electron chi connectivity index (χ1n) is 8.71. The number of thioether (sulfide) groups is 1. The maximum absolute atomic E-state index is 12.1. The number of aryl methyl sites for hydroxylation is 2. The van der Waals surface area contributed by atoms with E-state index in [0.717, 1.165) is 16.1 Å². The fourth-order valence-corrected chi connectivity index (χ4v) is 3.20. The number of amides is 2. The fourth-order valence-electron chi connectivity index (χ4n) is 2.25. The minimum absolute atomic E-state index is 0.00507. The number of rotatable bonds is 7. The molecule has 0 unspecified atom stereocenters. The van der Waals surface area contributed by atoms with Gasteiger partial charge in [-0.1, -0.05) is 43.7 Å². The zero-order valence-electron chi connectivity index (χ0n) is 15.8. The topological polar surface area (TPSA) is 58.2 Å². The molecule has 0 fully saturated rings. The molecule has 2 N–H and O–H groups in total. The summed E-state index contributed by atoms with van der Waals surface area (Å²) in [4.78, 5) is 24.9. The lowest BCUT2D eigenvalue weighted by molar-refractivity contribution is -0.119. The van der Waals surface area contributed by atoms with Crippen LogP contribution in [0.15, 0.2) is 47.4 Å². The average molecular weight is 371 g/mol. The van der Waals surface area contributed by atoms with Gasteiger partial charge < -0.3 is 10.6 Å². The van der Waals surface area contributed by atoms with E-state index in [-0.39, 0.29) is 17.7 Å². The number of hydrogen-bond acceptors (Lipinski definition) is 3. The number of nitrogens with one attached hydrogen (secondary N) is 2. The molecule has 5 heteroatoms. The summed E-state index contributed by atoms with van der Waals surface area (Å²) in [5.41, 5.74) is 4.15. The molecule has 2 aromatic carbocycles. The van der Waals surface area contributed by atoms with Crippen molar-refractivity contribution in [2.75, 3.05) is 11.1 Å². The van der Waals surface area contributed by atoms with E-state index in [1.807, 2.05) is 38.1 Å². The van der Waals surface area contributed by atoms with Gasteiger partial charge in [0.2, 0.25) is 11.8 Å². The third-order valence-electron chi connectivity index (χ3n) is 3.94. The van der Waals surface area contributed by atoms with Crippen molar-refractivity contribution >= 4 is 29.3 Å². The molecule has 2 amide bonds. The quantitative estimate of drug-likeness (QED) is 0.714. The summed E-state index contributed by atoms with van der Waals surface area (Å²) in [5, 5.41) is 5.79. The van der Waals surface area contributed by atoms with E-state index in [9.17, 15) is 9.59 Å². The highest BCUT2D eigenvalue weighted by Crippen LogP contribution is 2.23. The van der Waals surface area contributed by atoms with Crippen LogP contribution in [0, 0.1) is 19.8 Å². The van der Waals surface area contributed by atoms with Gasteiger partial charge >= 0.3 is 0 Å². The Morgan fingerprint density at radius 3 is 2.38 bits per heavy atom. The highest BCUT2D eigenvalue weighted by atomic mass is 32.2. The zero-order valence-corrected chi connectivity index (χ0v) is 16.6. The highest BCUT2D eigenvalue weighted by molar-refractivity contribution is 8.00. The van der Waals surface area contributed by atoms with Gasteiger partial charge in [0.25, 0.3) is 0 Å². The number of anilines is 1. The first-order valence-corrected chi connectivity index (χ1v) is 9.70. The lowest BCUT2D eigenvalue weighted by Crippen LogP contribution is -2.24. The third kappa shape index (κ3) is 6.23. The van der Waals surface area contributed by atoms with Crippen LogP contribution in [0.2, 0.25) is 0 Å². The number of carbonyl (C=O) groups excluding carboxylic acids is 2. The first kappa shape index (κ1) is 20.0. The van der Waals surface area contributed by atoms with Crippen LogP contribution >= 0.6 is 11.8 Å². The molecule has 2 aromatic rings. The predicted molar refractivity (Wildman–Crippen MR) is 108 cm³/mol. The molecule has 0 aromatic heterocycles. The molecular weight excluding hydrogens is 344 g/mol. The smallest absolute Gasteiger partial charge is 0.230 e. The van der Waals surface area contributed by atoms with E-state index >= 15 is 0 Å². The Hall–Kier alpha value is -2.27. The maximum atomic E-state index is 12.1. The van der Waals surface area contributed by atoms with Crippen molar-refractivity contribution in [2.24, 2.45) is 5.92 Å². The van der Waals surface area contributed by atoms with E-state index in [4.69, 9.17) is 0 Å². The molecule has 0 aliphatic carbocycles. The summed E-state index contributed by atoms with van der Waals surface area (Å²) in [5.74, 6) is 0.346. The van der Waals surface area contributed by atoms with E-state index in [1.54, 1.807) is 11.8 Å². The minimum Gasteiger partial charge on any atom is -0.351 e. The summed E-state index contributed by atoms with van der Waals surface area (Å²) < 4.78 is 0. The van der Waals surface area contributed by atoms with Crippen molar-refractivity contribution in [3.05, 3.63) is 59.2 Å². The van der Waals surface area contributed by atoms with Crippen molar-refractivity contribution in [3.8, 4) is 0 Å². The van der Waals surface area contributed by atoms with Crippen molar-refractivity contribution in [2.45, 2.75) is 39.1 Å². The Balaban J connectivity index is 1.80. The number of benzene rings is 2. The monoisotopic (exact) mass is 370 g/mol. The second-order valence-electron chi connectivity index (χ2n) is 6.68. The van der Waals surface area contributed by atoms with Gasteiger partial charge in [0.05, 0.1) is 5.75 Å². The first-order chi connectivity index (χ1) is 12.3. The lowest BCUT2D eigenvalue weighted by Gasteiger charge is -2.10. The number of carbonyl (C=O) groups is 2. The van der Waals surface area contributed by atoms with Crippen LogP contribution in [-0.2, 0) is 16.1 Å². The van der Waals surface area contributed by atoms with Gasteiger partial charge in [-0.3, -0.25) is 9.59 Å². The van der Waals surface area contributed by atoms with Crippen molar-refractivity contribution in [1.82, 2.24) is 5.32 Å². The van der Waals surface area contributed by atoms with Gasteiger partial charge in [-0.15, -0.1) is 11.8 Å². The molecule has 0 bridgehead atoms. The Labute approximate surface area is 159 Å². The van der Waals surface area contributed by atoms with Crippen LogP contribution in [0.1, 0.15) is 30.5 Å². The van der Waals surface area contributed by atoms with Gasteiger partial charge in [-0.2, -0.15) is 0 Å². The maximum Gasteiger partial charge on any atom is 0.230 e. The van der Waals surface area contributed by atoms with Crippen LogP contribution in [0.25, 0.3) is 0 Å². The summed E-state index contributed by atoms with van der Waals surface area (Å²) in [6.07, 6.45) is 0. The lowest BCUT2D eigenvalue weighted by atomic mass is 10.1. The van der Waals surface area contributed by atoms with Crippen LogP contribution in [-0.4, -0.2) is 17.6 Å². The molecule has 0 heterocycles. The van der Waals surface area contributed by atoms with Crippen molar-refractivity contribution < 1.29 is 9.59 Å². The summed E-state index contributed by atoms with van der Waals surface area (Å²) in [7, 11) is 0. The van der Waals surface area contributed by atoms with Gasteiger partial charge in [0.15, 0.2) is 0 Å². The Morgan fingerprint density at radius 2 is 1.73 bits per heavy atom. The molecule has 138 valence electrons. The molecule has 2 rings (SSSR count). The van der Waals surface area contributed by atoms with Crippen molar-refractivity contribution in [3.63, 3.8) is 0 Å². The third-order valence-corrected chi connectivity index (χ3v) is 5.10. The summed E-state index contributed by atoms with van der Waals surface area (Å²) >= 11 is 1.56. The molecule has 0 atom stereocenters. The number of hydrogen-bond donors (Lipinski definition) is 2. The van der Waals surface area contributed by atoms with Gasteiger partial charge in [-0.25, -0.2) is 0 Å². The average Bonchev–Trinajstić information content (AvgIpc) is 2.61. The molecular formula is C21H26N2O2S. The molecule has 26 heavy (non-hydrogen) atoms. The molecule has 0 saturated heterocycles. The van der Waals surface area contributed by atoms with E-state index < -0.39 is 0 Å². The van der Waals surface area contributed by atoms with E-state index in [0.29, 0.717) is 12.3 Å². The normalized spacial score (nSPS) is 10.7. The predicted octanol–water partition coefficient (Wildman–Crippen LogP) is 4.31. The van der Waals surface area contributed by atoms with E-state index in [2.05, 4.69) is 42.7 Å². The summed E-state index contributed by atoms with van der Waals surface area (Å²) in [6.45, 7) is 8.30. The second-order valence-corrected chi connectivity index (χ2v) is 7.69. The molecule has 0 saturated carbocycles. The molecule has 4 nitrogen and oxygen atoms in total. The summed E-state index contributed by atoms with van der Waals surface area (Å²) in [6, 6.07) is 13.8. The largest absolute Gasteiger partial charge is 0.351 e. The highest BCUT2D eigenvalue weighted by Gasteiger charge is 2.08. The van der Waals surface area contributed by atoms with E-state index in [1.165, 1.54) is 11.1 Å². The van der Waals surface area contributed by atoms with Crippen molar-refractivity contribution in [1.29, 1.82) is 0 Å². The van der Waals surface area contributed by atoms with Crippen LogP contribution in [0.5, 0.6) is 0 Å². The molecule has 0 spiro atoms. The SMILES string of the molecule is Cc1ccc(C)c(SCC(=O)NCc2ccc(NC(=O)C(C)C)cc2)c1. The fraction of sp³-hybridized carbons (Fsp3) is 0.333. The van der Waals surface area contributed by atoms with Gasteiger partial charge in [-0.05, 0) is 43.2 Å². The minimum atomic E-state index is -0.0523. The second kappa shape index (κ2) is 9.43.